The van der Waals surface area contributed by atoms with Crippen molar-refractivity contribution >= 4 is 15.9 Å². The van der Waals surface area contributed by atoms with Crippen LogP contribution in [0.25, 0.3) is 0 Å². The number of hydrogen-bond donors (Lipinski definition) is 1. The average Bonchev–Trinajstić information content (AvgIpc) is 2.36. The number of rotatable bonds is 3. The molecule has 0 radical (unpaired) electrons. The fourth-order valence-electron chi connectivity index (χ4n) is 2.66. The molecule has 1 atom stereocenters. The summed E-state index contributed by atoms with van der Waals surface area (Å²) in [7, 11) is 0. The van der Waals surface area contributed by atoms with Crippen LogP contribution < -0.4 is 5.73 Å². The quantitative estimate of drug-likeness (QED) is 0.860. The topological polar surface area (TPSA) is 26.0 Å². The minimum absolute atomic E-state index is 0.222. The lowest BCUT2D eigenvalue weighted by Gasteiger charge is -2.18. The number of benzene rings is 2. The summed E-state index contributed by atoms with van der Waals surface area (Å²) in [5.41, 5.74) is 12.1. The van der Waals surface area contributed by atoms with E-state index in [1.54, 1.807) is 6.07 Å². The van der Waals surface area contributed by atoms with Gasteiger partial charge in [0.05, 0.1) is 0 Å². The van der Waals surface area contributed by atoms with E-state index in [9.17, 15) is 4.39 Å². The number of halogens is 2. The van der Waals surface area contributed by atoms with Gasteiger partial charge < -0.3 is 5.73 Å². The molecule has 1 nitrogen and oxygen atoms in total. The third-order valence-corrected chi connectivity index (χ3v) is 4.34. The maximum Gasteiger partial charge on any atom is 0.123 e. The second-order valence-electron chi connectivity index (χ2n) is 5.35. The molecule has 2 N–H and O–H groups in total. The highest BCUT2D eigenvalue weighted by Crippen LogP contribution is 2.27. The van der Waals surface area contributed by atoms with Crippen LogP contribution in [-0.2, 0) is 6.42 Å². The fraction of sp³-hybridized carbons (Fsp3) is 0.294. The Balaban J connectivity index is 2.32. The molecule has 0 aliphatic rings. The molecule has 0 spiro atoms. The third kappa shape index (κ3) is 3.28. The van der Waals surface area contributed by atoms with Crippen molar-refractivity contribution in [3.8, 4) is 0 Å². The molecule has 0 aromatic heterocycles. The standard InChI is InChI=1S/C17H19BrFN/c1-10-6-11(2)14(12(3)7-10)9-17(20)15-8-13(19)4-5-16(15)18/h4-8,17H,9,20H2,1-3H3. The van der Waals surface area contributed by atoms with Gasteiger partial charge >= 0.3 is 0 Å². The fourth-order valence-corrected chi connectivity index (χ4v) is 3.20. The van der Waals surface area contributed by atoms with Gasteiger partial charge in [0.2, 0.25) is 0 Å². The van der Waals surface area contributed by atoms with Gasteiger partial charge in [0.25, 0.3) is 0 Å². The van der Waals surface area contributed by atoms with Crippen molar-refractivity contribution in [3.05, 3.63) is 68.4 Å². The summed E-state index contributed by atoms with van der Waals surface area (Å²) in [5, 5.41) is 0. The molecular formula is C17H19BrFN. The van der Waals surface area contributed by atoms with E-state index >= 15 is 0 Å². The first kappa shape index (κ1) is 15.2. The van der Waals surface area contributed by atoms with Gasteiger partial charge in [0.1, 0.15) is 5.82 Å². The molecule has 0 amide bonds. The molecule has 0 saturated carbocycles. The van der Waals surface area contributed by atoms with Gasteiger partial charge in [-0.3, -0.25) is 0 Å². The van der Waals surface area contributed by atoms with Crippen molar-refractivity contribution in [3.63, 3.8) is 0 Å². The van der Waals surface area contributed by atoms with Crippen molar-refractivity contribution in [2.24, 2.45) is 5.73 Å². The largest absolute Gasteiger partial charge is 0.324 e. The summed E-state index contributed by atoms with van der Waals surface area (Å²) in [4.78, 5) is 0. The molecule has 20 heavy (non-hydrogen) atoms. The van der Waals surface area contributed by atoms with Gasteiger partial charge in [-0.2, -0.15) is 0 Å². The SMILES string of the molecule is Cc1cc(C)c(CC(N)c2cc(F)ccc2Br)c(C)c1. The average molecular weight is 336 g/mol. The molecule has 1 unspecified atom stereocenters. The first-order valence-corrected chi connectivity index (χ1v) is 7.45. The number of nitrogens with two attached hydrogens (primary N) is 1. The second kappa shape index (κ2) is 6.06. The molecule has 106 valence electrons. The Bertz CT molecular complexity index is 614. The van der Waals surface area contributed by atoms with Gasteiger partial charge in [0.15, 0.2) is 0 Å². The van der Waals surface area contributed by atoms with Gasteiger partial charge in [0, 0.05) is 10.5 Å². The lowest BCUT2D eigenvalue weighted by atomic mass is 9.92. The Hall–Kier alpha value is -1.19. The monoisotopic (exact) mass is 335 g/mol. The highest BCUT2D eigenvalue weighted by molar-refractivity contribution is 9.10. The highest BCUT2D eigenvalue weighted by Gasteiger charge is 2.14. The normalized spacial score (nSPS) is 12.5. The predicted octanol–water partition coefficient (Wildman–Crippen LogP) is 4.76. The van der Waals surface area contributed by atoms with Crippen LogP contribution in [0.15, 0.2) is 34.8 Å². The van der Waals surface area contributed by atoms with Crippen LogP contribution in [0.1, 0.15) is 33.9 Å². The molecule has 0 aliphatic carbocycles. The lowest BCUT2D eigenvalue weighted by Crippen LogP contribution is -2.15. The van der Waals surface area contributed by atoms with Crippen LogP contribution in [0.3, 0.4) is 0 Å². The van der Waals surface area contributed by atoms with Gasteiger partial charge in [-0.15, -0.1) is 0 Å². The van der Waals surface area contributed by atoms with Crippen LogP contribution in [0, 0.1) is 26.6 Å². The summed E-state index contributed by atoms with van der Waals surface area (Å²) >= 11 is 3.45. The van der Waals surface area contributed by atoms with Crippen molar-refractivity contribution < 1.29 is 4.39 Å². The maximum atomic E-state index is 13.4. The van der Waals surface area contributed by atoms with Crippen LogP contribution in [0.4, 0.5) is 4.39 Å². The van der Waals surface area contributed by atoms with E-state index in [0.29, 0.717) is 6.42 Å². The van der Waals surface area contributed by atoms with E-state index in [1.807, 2.05) is 0 Å². The van der Waals surface area contributed by atoms with Crippen LogP contribution in [0.2, 0.25) is 0 Å². The minimum atomic E-state index is -0.254. The van der Waals surface area contributed by atoms with Crippen molar-refractivity contribution in [1.29, 1.82) is 0 Å². The van der Waals surface area contributed by atoms with E-state index in [0.717, 1.165) is 10.0 Å². The van der Waals surface area contributed by atoms with E-state index < -0.39 is 0 Å². The first-order chi connectivity index (χ1) is 9.38. The highest BCUT2D eigenvalue weighted by atomic mass is 79.9. The Morgan fingerprint density at radius 1 is 1.10 bits per heavy atom. The van der Waals surface area contributed by atoms with E-state index in [1.165, 1.54) is 34.4 Å². The summed E-state index contributed by atoms with van der Waals surface area (Å²) in [6.07, 6.45) is 0.708. The van der Waals surface area contributed by atoms with E-state index in [2.05, 4.69) is 48.8 Å². The summed E-state index contributed by atoms with van der Waals surface area (Å²) in [5.74, 6) is -0.254. The van der Waals surface area contributed by atoms with Crippen molar-refractivity contribution in [2.45, 2.75) is 33.2 Å². The Kier molecular flexibility index (Phi) is 4.61. The molecule has 0 fully saturated rings. The molecule has 0 aliphatic heterocycles. The van der Waals surface area contributed by atoms with Crippen LogP contribution in [0.5, 0.6) is 0 Å². The number of hydrogen-bond acceptors (Lipinski definition) is 1. The van der Waals surface area contributed by atoms with Gasteiger partial charge in [-0.05, 0) is 67.6 Å². The third-order valence-electron chi connectivity index (χ3n) is 3.62. The molecule has 0 bridgehead atoms. The minimum Gasteiger partial charge on any atom is -0.324 e. The van der Waals surface area contributed by atoms with Gasteiger partial charge in [-0.1, -0.05) is 33.6 Å². The predicted molar refractivity (Wildman–Crippen MR) is 85.4 cm³/mol. The smallest absolute Gasteiger partial charge is 0.123 e. The molecule has 2 aromatic carbocycles. The zero-order chi connectivity index (χ0) is 14.9. The zero-order valence-corrected chi connectivity index (χ0v) is 13.6. The molecule has 2 rings (SSSR count). The Morgan fingerprint density at radius 2 is 1.70 bits per heavy atom. The molecule has 0 heterocycles. The van der Waals surface area contributed by atoms with E-state index in [-0.39, 0.29) is 11.9 Å². The first-order valence-electron chi connectivity index (χ1n) is 6.65. The Labute approximate surface area is 128 Å². The zero-order valence-electron chi connectivity index (χ0n) is 12.0. The Morgan fingerprint density at radius 3 is 2.30 bits per heavy atom. The van der Waals surface area contributed by atoms with Crippen LogP contribution >= 0.6 is 15.9 Å². The second-order valence-corrected chi connectivity index (χ2v) is 6.21. The summed E-state index contributed by atoms with van der Waals surface area (Å²) in [6.45, 7) is 6.29. The lowest BCUT2D eigenvalue weighted by molar-refractivity contribution is 0.617. The van der Waals surface area contributed by atoms with Crippen LogP contribution in [-0.4, -0.2) is 0 Å². The van der Waals surface area contributed by atoms with Crippen molar-refractivity contribution in [1.82, 2.24) is 0 Å². The molecule has 2 aromatic rings. The summed E-state index contributed by atoms with van der Waals surface area (Å²) < 4.78 is 14.2. The van der Waals surface area contributed by atoms with E-state index in [4.69, 9.17) is 5.73 Å². The summed E-state index contributed by atoms with van der Waals surface area (Å²) in [6, 6.07) is 8.75. The molecular weight excluding hydrogens is 317 g/mol. The maximum absolute atomic E-state index is 13.4. The van der Waals surface area contributed by atoms with Gasteiger partial charge in [-0.25, -0.2) is 4.39 Å². The molecule has 0 saturated heterocycles. The van der Waals surface area contributed by atoms with Crippen molar-refractivity contribution in [2.75, 3.05) is 0 Å². The number of aryl methyl sites for hydroxylation is 3. The molecule has 3 heteroatoms.